The Labute approximate surface area is 54.8 Å². The number of nitrogens with zero attached hydrogens (tertiary/aromatic N) is 1. The Bertz CT molecular complexity index is 62.7. The lowest BCUT2D eigenvalue weighted by Crippen LogP contribution is -2.17. The molecule has 3 heteroatoms. The highest BCUT2D eigenvalue weighted by molar-refractivity contribution is 14.1. The van der Waals surface area contributed by atoms with Crippen LogP contribution in [0.15, 0.2) is 0 Å². The zero-order chi connectivity index (χ0) is 5.86. The third-order valence-corrected chi connectivity index (χ3v) is 2.88. The Morgan fingerprint density at radius 2 is 2.00 bits per heavy atom. The van der Waals surface area contributed by atoms with Crippen molar-refractivity contribution >= 4 is 21.0 Å². The standard InChI is InChI=1S/C4H11IN2/c1-4(5-6)7(2)3/h4,6H,1-3H3. The summed E-state index contributed by atoms with van der Waals surface area (Å²) in [5.74, 6) is 0. The molecule has 1 atom stereocenters. The predicted octanol–water partition coefficient (Wildman–Crippen LogP) is 1.63. The van der Waals surface area contributed by atoms with Gasteiger partial charge in [-0.2, -0.15) is 0 Å². The number of hydrogen-bond acceptors (Lipinski definition) is 2. The summed E-state index contributed by atoms with van der Waals surface area (Å²) in [7, 11) is 4.03. The highest BCUT2D eigenvalue weighted by Gasteiger charge is 1.96. The molecule has 0 rings (SSSR count). The molecule has 0 spiro atoms. The third-order valence-electron chi connectivity index (χ3n) is 0.869. The van der Waals surface area contributed by atoms with Gasteiger partial charge in [0, 0.05) is 21.0 Å². The van der Waals surface area contributed by atoms with Crippen molar-refractivity contribution in [2.75, 3.05) is 14.1 Å². The molecule has 0 aromatic carbocycles. The number of alkyl halides is 1. The van der Waals surface area contributed by atoms with E-state index < -0.39 is 0 Å². The summed E-state index contributed by atoms with van der Waals surface area (Å²) in [4.78, 5) is 2.08. The van der Waals surface area contributed by atoms with Gasteiger partial charge in [-0.25, -0.2) is 0 Å². The lowest BCUT2D eigenvalue weighted by Gasteiger charge is -2.11. The minimum atomic E-state index is -0.320. The van der Waals surface area contributed by atoms with Crippen molar-refractivity contribution in [1.29, 1.82) is 3.56 Å². The largest absolute Gasteiger partial charge is 0.297 e. The molecular formula is C4H11IN2. The van der Waals surface area contributed by atoms with Gasteiger partial charge in [0.05, 0.1) is 4.05 Å². The van der Waals surface area contributed by atoms with Crippen LogP contribution in [0.5, 0.6) is 0 Å². The molecule has 0 aliphatic carbocycles. The Kier molecular flexibility index (Phi) is 3.73. The molecule has 2 nitrogen and oxygen atoms in total. The normalized spacial score (nSPS) is 14.9. The van der Waals surface area contributed by atoms with Crippen LogP contribution in [0, 0.1) is 3.56 Å². The van der Waals surface area contributed by atoms with Gasteiger partial charge in [0.1, 0.15) is 0 Å². The fourth-order valence-electron chi connectivity index (χ4n) is 0.0976. The maximum Gasteiger partial charge on any atom is 0.0699 e. The second-order valence-electron chi connectivity index (χ2n) is 1.65. The van der Waals surface area contributed by atoms with Gasteiger partial charge in [-0.3, -0.25) is 8.46 Å². The van der Waals surface area contributed by atoms with Crippen molar-refractivity contribution in [1.82, 2.24) is 4.90 Å². The summed E-state index contributed by atoms with van der Waals surface area (Å²) in [5.41, 5.74) is 0. The summed E-state index contributed by atoms with van der Waals surface area (Å²) in [5, 5.41) is 0. The highest BCUT2D eigenvalue weighted by Crippen LogP contribution is 2.07. The molecule has 0 aromatic heterocycles. The van der Waals surface area contributed by atoms with Crippen molar-refractivity contribution in [2.45, 2.75) is 11.0 Å². The smallest absolute Gasteiger partial charge is 0.0699 e. The second kappa shape index (κ2) is 3.49. The van der Waals surface area contributed by atoms with E-state index in [9.17, 15) is 0 Å². The minimum Gasteiger partial charge on any atom is -0.297 e. The van der Waals surface area contributed by atoms with Crippen LogP contribution in [-0.2, 0) is 0 Å². The van der Waals surface area contributed by atoms with E-state index in [1.807, 2.05) is 14.1 Å². The molecule has 0 saturated carbocycles. The molecule has 0 radical (unpaired) electrons. The van der Waals surface area contributed by atoms with E-state index in [0.29, 0.717) is 4.05 Å². The quantitative estimate of drug-likeness (QED) is 0.422. The molecule has 0 aliphatic rings. The first kappa shape index (κ1) is 7.49. The van der Waals surface area contributed by atoms with E-state index >= 15 is 0 Å². The van der Waals surface area contributed by atoms with Crippen LogP contribution >= 0.6 is 21.0 Å². The molecular weight excluding hydrogens is 203 g/mol. The summed E-state index contributed by atoms with van der Waals surface area (Å²) < 4.78 is 7.52. The first-order valence-electron chi connectivity index (χ1n) is 2.14. The fourth-order valence-corrected chi connectivity index (χ4v) is 0.655. The number of nitrogens with one attached hydrogen (secondary N) is 1. The Hall–Kier alpha value is 0.490. The monoisotopic (exact) mass is 214 g/mol. The van der Waals surface area contributed by atoms with E-state index in [2.05, 4.69) is 11.8 Å². The van der Waals surface area contributed by atoms with Crippen LogP contribution in [-0.4, -0.2) is 23.0 Å². The van der Waals surface area contributed by atoms with Gasteiger partial charge in [0.15, 0.2) is 0 Å². The predicted molar refractivity (Wildman–Crippen MR) is 39.9 cm³/mol. The maximum atomic E-state index is 7.01. The molecule has 44 valence electrons. The zero-order valence-electron chi connectivity index (χ0n) is 4.90. The third kappa shape index (κ3) is 3.11. The lowest BCUT2D eigenvalue weighted by atomic mass is 10.7. The maximum absolute atomic E-state index is 7.01. The molecule has 0 fully saturated rings. The SMILES string of the molecule is CC(I=N)N(C)C. The van der Waals surface area contributed by atoms with Gasteiger partial charge >= 0.3 is 0 Å². The van der Waals surface area contributed by atoms with E-state index in [-0.39, 0.29) is 21.0 Å². The van der Waals surface area contributed by atoms with E-state index in [0.717, 1.165) is 0 Å². The molecule has 0 heterocycles. The minimum absolute atomic E-state index is 0.320. The summed E-state index contributed by atoms with van der Waals surface area (Å²) in [6, 6.07) is 0. The van der Waals surface area contributed by atoms with E-state index in [4.69, 9.17) is 3.56 Å². The summed E-state index contributed by atoms with van der Waals surface area (Å²) in [6.07, 6.45) is 0. The lowest BCUT2D eigenvalue weighted by molar-refractivity contribution is 0.416. The van der Waals surface area contributed by atoms with Crippen LogP contribution in [0.1, 0.15) is 6.92 Å². The molecule has 0 amide bonds. The topological polar surface area (TPSA) is 27.1 Å². The van der Waals surface area contributed by atoms with Crippen molar-refractivity contribution in [3.05, 3.63) is 0 Å². The number of rotatable bonds is 2. The number of hydrogen-bond donors (Lipinski definition) is 1. The Morgan fingerprint density at radius 3 is 2.00 bits per heavy atom. The van der Waals surface area contributed by atoms with E-state index in [1.54, 1.807) is 0 Å². The Morgan fingerprint density at radius 1 is 1.57 bits per heavy atom. The second-order valence-corrected chi connectivity index (χ2v) is 4.07. The molecule has 1 unspecified atom stereocenters. The first-order valence-corrected chi connectivity index (χ1v) is 4.46. The van der Waals surface area contributed by atoms with E-state index in [1.165, 1.54) is 0 Å². The van der Waals surface area contributed by atoms with Crippen LogP contribution in [0.4, 0.5) is 0 Å². The van der Waals surface area contributed by atoms with Crippen molar-refractivity contribution in [3.8, 4) is 0 Å². The van der Waals surface area contributed by atoms with Gasteiger partial charge in [-0.1, -0.05) is 0 Å². The van der Waals surface area contributed by atoms with Crippen molar-refractivity contribution < 1.29 is 0 Å². The van der Waals surface area contributed by atoms with Crippen molar-refractivity contribution in [2.24, 2.45) is 0 Å². The first-order chi connectivity index (χ1) is 3.18. The van der Waals surface area contributed by atoms with Crippen molar-refractivity contribution in [3.63, 3.8) is 0 Å². The summed E-state index contributed by atoms with van der Waals surface area (Å²) >= 11 is -0.320. The molecule has 0 saturated heterocycles. The van der Waals surface area contributed by atoms with Crippen LogP contribution in [0.3, 0.4) is 0 Å². The fraction of sp³-hybridized carbons (Fsp3) is 1.00. The average Bonchev–Trinajstić information content (AvgIpc) is 1.65. The molecule has 0 aliphatic heterocycles. The molecule has 0 bridgehead atoms. The van der Waals surface area contributed by atoms with Crippen LogP contribution in [0.2, 0.25) is 0 Å². The molecule has 7 heavy (non-hydrogen) atoms. The van der Waals surface area contributed by atoms with Crippen LogP contribution < -0.4 is 0 Å². The van der Waals surface area contributed by atoms with Gasteiger partial charge in [0.2, 0.25) is 0 Å². The average molecular weight is 214 g/mol. The highest BCUT2D eigenvalue weighted by atomic mass is 127. The summed E-state index contributed by atoms with van der Waals surface area (Å²) in [6.45, 7) is 2.08. The molecule has 0 aromatic rings. The zero-order valence-corrected chi connectivity index (χ0v) is 7.06. The van der Waals surface area contributed by atoms with Crippen LogP contribution in [0.25, 0.3) is 0 Å². The van der Waals surface area contributed by atoms with Gasteiger partial charge in [-0.05, 0) is 21.0 Å². The van der Waals surface area contributed by atoms with Gasteiger partial charge in [-0.15, -0.1) is 0 Å². The van der Waals surface area contributed by atoms with Gasteiger partial charge < -0.3 is 0 Å². The molecule has 1 N–H and O–H groups in total. The Balaban J connectivity index is 3.33. The number of halogens is 1. The van der Waals surface area contributed by atoms with Gasteiger partial charge in [0.25, 0.3) is 0 Å².